The molecule has 28 heavy (non-hydrogen) atoms. The molecule has 0 unspecified atom stereocenters. The Morgan fingerprint density at radius 2 is 1.89 bits per heavy atom. The van der Waals surface area contributed by atoms with Crippen LogP contribution < -0.4 is 10.1 Å². The van der Waals surface area contributed by atoms with Gasteiger partial charge in [-0.3, -0.25) is 9.78 Å². The minimum absolute atomic E-state index is 0.0597. The molecule has 1 N–H and O–H groups in total. The SMILES string of the molecule is CN(C)S(=O)(=O)c1ccc(COc2ccc(C(=O)Nc3cccnc3)cc2)o1. The summed E-state index contributed by atoms with van der Waals surface area (Å²) >= 11 is 0. The Balaban J connectivity index is 1.59. The lowest BCUT2D eigenvalue weighted by molar-refractivity contribution is 0.102. The number of amides is 1. The Morgan fingerprint density at radius 1 is 1.14 bits per heavy atom. The van der Waals surface area contributed by atoms with Gasteiger partial charge in [-0.25, -0.2) is 12.7 Å². The highest BCUT2D eigenvalue weighted by atomic mass is 32.2. The van der Waals surface area contributed by atoms with Crippen LogP contribution in [-0.4, -0.2) is 37.7 Å². The lowest BCUT2D eigenvalue weighted by Crippen LogP contribution is -2.21. The highest BCUT2D eigenvalue weighted by Crippen LogP contribution is 2.19. The first-order valence-electron chi connectivity index (χ1n) is 8.32. The van der Waals surface area contributed by atoms with E-state index >= 15 is 0 Å². The number of benzene rings is 1. The molecular formula is C19H19N3O5S. The van der Waals surface area contributed by atoms with Gasteiger partial charge in [0.05, 0.1) is 11.9 Å². The van der Waals surface area contributed by atoms with Crippen LogP contribution in [-0.2, 0) is 16.6 Å². The molecule has 8 nitrogen and oxygen atoms in total. The number of furan rings is 1. The molecular weight excluding hydrogens is 382 g/mol. The van der Waals surface area contributed by atoms with E-state index < -0.39 is 10.0 Å². The van der Waals surface area contributed by atoms with E-state index in [9.17, 15) is 13.2 Å². The summed E-state index contributed by atoms with van der Waals surface area (Å²) in [5.74, 6) is 0.634. The molecule has 0 spiro atoms. The number of aromatic nitrogens is 1. The molecule has 1 amide bonds. The van der Waals surface area contributed by atoms with Crippen molar-refractivity contribution in [3.05, 3.63) is 72.2 Å². The lowest BCUT2D eigenvalue weighted by Gasteiger charge is -2.08. The van der Waals surface area contributed by atoms with Crippen LogP contribution in [0.1, 0.15) is 16.1 Å². The normalized spacial score (nSPS) is 11.4. The number of pyridine rings is 1. The largest absolute Gasteiger partial charge is 0.486 e. The molecule has 0 saturated heterocycles. The molecule has 0 atom stereocenters. The van der Waals surface area contributed by atoms with Gasteiger partial charge in [0.1, 0.15) is 18.1 Å². The average molecular weight is 401 g/mol. The van der Waals surface area contributed by atoms with E-state index in [0.29, 0.717) is 22.8 Å². The molecule has 0 fully saturated rings. The Hall–Kier alpha value is -3.17. The molecule has 0 bridgehead atoms. The van der Waals surface area contributed by atoms with E-state index in [4.69, 9.17) is 9.15 Å². The highest BCUT2D eigenvalue weighted by Gasteiger charge is 2.21. The Morgan fingerprint density at radius 3 is 2.54 bits per heavy atom. The van der Waals surface area contributed by atoms with Crippen molar-refractivity contribution in [2.45, 2.75) is 11.7 Å². The summed E-state index contributed by atoms with van der Waals surface area (Å²) in [6.45, 7) is 0.0597. The Labute approximate surface area is 162 Å². The van der Waals surface area contributed by atoms with E-state index in [1.54, 1.807) is 54.9 Å². The maximum atomic E-state index is 12.2. The molecule has 0 radical (unpaired) electrons. The first kappa shape index (κ1) is 19.6. The number of nitrogens with one attached hydrogen (secondary N) is 1. The molecule has 146 valence electrons. The average Bonchev–Trinajstić information content (AvgIpc) is 3.17. The molecule has 0 aliphatic rings. The van der Waals surface area contributed by atoms with Crippen LogP contribution in [0.15, 0.2) is 70.4 Å². The second-order valence-electron chi connectivity index (χ2n) is 6.02. The first-order chi connectivity index (χ1) is 13.4. The van der Waals surface area contributed by atoms with Crippen molar-refractivity contribution in [2.75, 3.05) is 19.4 Å². The third kappa shape index (κ3) is 4.56. The number of hydrogen-bond donors (Lipinski definition) is 1. The fourth-order valence-corrected chi connectivity index (χ4v) is 3.06. The first-order valence-corrected chi connectivity index (χ1v) is 9.76. The third-order valence-electron chi connectivity index (χ3n) is 3.79. The van der Waals surface area contributed by atoms with Gasteiger partial charge in [0.15, 0.2) is 0 Å². The van der Waals surface area contributed by atoms with Gasteiger partial charge < -0.3 is 14.5 Å². The van der Waals surface area contributed by atoms with Gasteiger partial charge in [-0.1, -0.05) is 0 Å². The van der Waals surface area contributed by atoms with Gasteiger partial charge in [-0.15, -0.1) is 0 Å². The van der Waals surface area contributed by atoms with Crippen LogP contribution in [0.5, 0.6) is 5.75 Å². The quantitative estimate of drug-likeness (QED) is 0.653. The maximum Gasteiger partial charge on any atom is 0.275 e. The Kier molecular flexibility index (Phi) is 5.76. The zero-order valence-electron chi connectivity index (χ0n) is 15.3. The van der Waals surface area contributed by atoms with Crippen LogP contribution in [0.25, 0.3) is 0 Å². The van der Waals surface area contributed by atoms with Gasteiger partial charge >= 0.3 is 0 Å². The van der Waals surface area contributed by atoms with Gasteiger partial charge in [-0.05, 0) is 48.5 Å². The number of nitrogens with zero attached hydrogens (tertiary/aromatic N) is 2. The summed E-state index contributed by atoms with van der Waals surface area (Å²) in [5.41, 5.74) is 1.07. The number of carbonyl (C=O) groups excluding carboxylic acids is 1. The second-order valence-corrected chi connectivity index (χ2v) is 8.10. The number of carbonyl (C=O) groups is 1. The number of sulfonamides is 1. The summed E-state index contributed by atoms with van der Waals surface area (Å²) in [6, 6.07) is 13.0. The lowest BCUT2D eigenvalue weighted by atomic mass is 10.2. The molecule has 3 rings (SSSR count). The number of hydrogen-bond acceptors (Lipinski definition) is 6. The molecule has 0 aliphatic carbocycles. The standard InChI is InChI=1S/C19H19N3O5S/c1-22(2)28(24,25)18-10-9-17(27-18)13-26-16-7-5-14(6-8-16)19(23)21-15-4-3-11-20-12-15/h3-12H,13H2,1-2H3,(H,21,23). The summed E-state index contributed by atoms with van der Waals surface area (Å²) in [6.07, 6.45) is 3.18. The van der Waals surface area contributed by atoms with Crippen molar-refractivity contribution in [3.63, 3.8) is 0 Å². The van der Waals surface area contributed by atoms with E-state index in [1.165, 1.54) is 20.2 Å². The van der Waals surface area contributed by atoms with Gasteiger partial charge in [0.25, 0.3) is 15.9 Å². The van der Waals surface area contributed by atoms with E-state index in [-0.39, 0.29) is 17.6 Å². The van der Waals surface area contributed by atoms with E-state index in [2.05, 4.69) is 10.3 Å². The van der Waals surface area contributed by atoms with Gasteiger partial charge in [0, 0.05) is 25.9 Å². The third-order valence-corrected chi connectivity index (χ3v) is 5.48. The summed E-state index contributed by atoms with van der Waals surface area (Å²) in [7, 11) is -0.757. The van der Waals surface area contributed by atoms with Crippen molar-refractivity contribution < 1.29 is 22.4 Å². The van der Waals surface area contributed by atoms with Gasteiger partial charge in [0.2, 0.25) is 5.09 Å². The van der Waals surface area contributed by atoms with Crippen LogP contribution >= 0.6 is 0 Å². The fraction of sp³-hybridized carbons (Fsp3) is 0.158. The van der Waals surface area contributed by atoms with Crippen LogP contribution in [0.4, 0.5) is 5.69 Å². The van der Waals surface area contributed by atoms with Crippen molar-refractivity contribution in [3.8, 4) is 5.75 Å². The number of ether oxygens (including phenoxy) is 1. The molecule has 0 saturated carbocycles. The monoisotopic (exact) mass is 401 g/mol. The summed E-state index contributed by atoms with van der Waals surface area (Å²) in [4.78, 5) is 16.1. The maximum absolute atomic E-state index is 12.2. The predicted molar refractivity (Wildman–Crippen MR) is 103 cm³/mol. The predicted octanol–water partition coefficient (Wildman–Crippen LogP) is 2.76. The van der Waals surface area contributed by atoms with Crippen molar-refractivity contribution in [1.82, 2.24) is 9.29 Å². The minimum Gasteiger partial charge on any atom is -0.486 e. The minimum atomic E-state index is -3.62. The van der Waals surface area contributed by atoms with Crippen molar-refractivity contribution in [1.29, 1.82) is 0 Å². The summed E-state index contributed by atoms with van der Waals surface area (Å²) < 4.78 is 36.0. The van der Waals surface area contributed by atoms with Crippen molar-refractivity contribution in [2.24, 2.45) is 0 Å². The van der Waals surface area contributed by atoms with Crippen LogP contribution in [0, 0.1) is 0 Å². The number of rotatable bonds is 7. The smallest absolute Gasteiger partial charge is 0.275 e. The number of anilines is 1. The Bertz CT molecular complexity index is 1040. The molecule has 2 aromatic heterocycles. The fourth-order valence-electron chi connectivity index (χ4n) is 2.25. The molecule has 1 aromatic carbocycles. The van der Waals surface area contributed by atoms with Crippen LogP contribution in [0.2, 0.25) is 0 Å². The highest BCUT2D eigenvalue weighted by molar-refractivity contribution is 7.88. The summed E-state index contributed by atoms with van der Waals surface area (Å²) in [5, 5.41) is 2.60. The molecule has 3 aromatic rings. The zero-order valence-corrected chi connectivity index (χ0v) is 16.1. The molecule has 0 aliphatic heterocycles. The molecule has 9 heteroatoms. The van der Waals surface area contributed by atoms with E-state index in [0.717, 1.165) is 4.31 Å². The zero-order chi connectivity index (χ0) is 20.1. The van der Waals surface area contributed by atoms with Gasteiger partial charge in [-0.2, -0.15) is 0 Å². The topological polar surface area (TPSA) is 102 Å². The van der Waals surface area contributed by atoms with Crippen molar-refractivity contribution >= 4 is 21.6 Å². The van der Waals surface area contributed by atoms with Crippen LogP contribution in [0.3, 0.4) is 0 Å². The molecule has 2 heterocycles. The second kappa shape index (κ2) is 8.24. The van der Waals surface area contributed by atoms with E-state index in [1.807, 2.05) is 0 Å².